The summed E-state index contributed by atoms with van der Waals surface area (Å²) in [6.07, 6.45) is 0. The third-order valence-corrected chi connectivity index (χ3v) is 8.08. The Balaban J connectivity index is 1.61. The van der Waals surface area contributed by atoms with Crippen molar-refractivity contribution < 1.29 is 31.1 Å². The summed E-state index contributed by atoms with van der Waals surface area (Å²) in [5.41, 5.74) is 0.454. The number of hydrogen-bond acceptors (Lipinski definition) is 7. The molecule has 1 saturated heterocycles. The Morgan fingerprint density at radius 2 is 1.76 bits per heavy atom. The van der Waals surface area contributed by atoms with E-state index in [1.165, 1.54) is 28.6 Å². The van der Waals surface area contributed by atoms with Gasteiger partial charge >= 0.3 is 0 Å². The van der Waals surface area contributed by atoms with Crippen molar-refractivity contribution in [2.75, 3.05) is 49.9 Å². The van der Waals surface area contributed by atoms with Gasteiger partial charge < -0.3 is 14.8 Å². The standard InChI is InChI=1S/C21H27N3O7S2/c1-2-31-19-8-6-18(7-9-19)23-33(28,29)20-5-3-4-17(16-20)21(25)22-10-15-32(26,27)24-11-13-30-14-12-24/h3-9,16,23H,2,10-15H2,1H3,(H,22,25). The molecular formula is C21H27N3O7S2. The molecule has 0 aliphatic carbocycles. The Morgan fingerprint density at radius 3 is 2.42 bits per heavy atom. The number of sulfonamides is 2. The molecule has 0 saturated carbocycles. The van der Waals surface area contributed by atoms with Crippen LogP contribution in [0.1, 0.15) is 17.3 Å². The summed E-state index contributed by atoms with van der Waals surface area (Å²) in [6.45, 7) is 3.52. The number of nitrogens with one attached hydrogen (secondary N) is 2. The first-order valence-corrected chi connectivity index (χ1v) is 13.5. The summed E-state index contributed by atoms with van der Waals surface area (Å²) in [4.78, 5) is 12.4. The number of carbonyl (C=O) groups is 1. The third-order valence-electron chi connectivity index (χ3n) is 4.83. The van der Waals surface area contributed by atoms with E-state index in [4.69, 9.17) is 9.47 Å². The number of rotatable bonds is 10. The van der Waals surface area contributed by atoms with Crippen LogP contribution < -0.4 is 14.8 Å². The fourth-order valence-corrected chi connectivity index (χ4v) is 5.58. The monoisotopic (exact) mass is 497 g/mol. The van der Waals surface area contributed by atoms with Gasteiger partial charge in [0.15, 0.2) is 0 Å². The highest BCUT2D eigenvalue weighted by Crippen LogP contribution is 2.20. The van der Waals surface area contributed by atoms with Gasteiger partial charge in [0, 0.05) is 30.9 Å². The quantitative estimate of drug-likeness (QED) is 0.505. The number of morpholine rings is 1. The first-order chi connectivity index (χ1) is 15.7. The van der Waals surface area contributed by atoms with Crippen LogP contribution in [0.3, 0.4) is 0 Å². The van der Waals surface area contributed by atoms with Crippen LogP contribution in [0.4, 0.5) is 5.69 Å². The zero-order valence-corrected chi connectivity index (χ0v) is 19.8. The molecule has 0 unspecified atom stereocenters. The van der Waals surface area contributed by atoms with Crippen LogP contribution in [0.25, 0.3) is 0 Å². The number of benzene rings is 2. The number of amides is 1. The van der Waals surface area contributed by atoms with Crippen molar-refractivity contribution in [2.45, 2.75) is 11.8 Å². The van der Waals surface area contributed by atoms with Gasteiger partial charge in [0.1, 0.15) is 5.75 Å². The summed E-state index contributed by atoms with van der Waals surface area (Å²) < 4.78 is 64.4. The van der Waals surface area contributed by atoms with E-state index in [-0.39, 0.29) is 35.8 Å². The molecule has 1 amide bonds. The summed E-state index contributed by atoms with van der Waals surface area (Å²) in [7, 11) is -7.45. The lowest BCUT2D eigenvalue weighted by Crippen LogP contribution is -2.43. The molecule has 1 heterocycles. The van der Waals surface area contributed by atoms with Gasteiger partial charge in [-0.25, -0.2) is 16.8 Å². The van der Waals surface area contributed by atoms with Crippen LogP contribution in [0.15, 0.2) is 53.4 Å². The smallest absolute Gasteiger partial charge is 0.261 e. The second kappa shape index (κ2) is 11.0. The van der Waals surface area contributed by atoms with Crippen LogP contribution in [0.2, 0.25) is 0 Å². The van der Waals surface area contributed by atoms with Gasteiger partial charge in [0.05, 0.1) is 30.5 Å². The Bertz CT molecular complexity index is 1160. The molecule has 180 valence electrons. The fraction of sp³-hybridized carbons (Fsp3) is 0.381. The van der Waals surface area contributed by atoms with Gasteiger partial charge in [-0.05, 0) is 49.4 Å². The van der Waals surface area contributed by atoms with Crippen LogP contribution in [-0.2, 0) is 24.8 Å². The molecule has 2 aromatic carbocycles. The lowest BCUT2D eigenvalue weighted by atomic mass is 10.2. The first-order valence-electron chi connectivity index (χ1n) is 10.4. The summed E-state index contributed by atoms with van der Waals surface area (Å²) in [5, 5.41) is 2.54. The van der Waals surface area contributed by atoms with Crippen LogP contribution in [-0.4, -0.2) is 72.3 Å². The van der Waals surface area contributed by atoms with Gasteiger partial charge in [-0.2, -0.15) is 4.31 Å². The summed E-state index contributed by atoms with van der Waals surface area (Å²) in [6, 6.07) is 12.0. The second-order valence-corrected chi connectivity index (χ2v) is 10.9. The zero-order chi connectivity index (χ0) is 23.9. The summed E-state index contributed by atoms with van der Waals surface area (Å²) in [5.74, 6) is -0.198. The van der Waals surface area contributed by atoms with E-state index < -0.39 is 26.0 Å². The minimum absolute atomic E-state index is 0.0926. The Hall–Kier alpha value is -2.67. The fourth-order valence-electron chi connectivity index (χ4n) is 3.15. The van der Waals surface area contributed by atoms with Crippen molar-refractivity contribution in [3.8, 4) is 5.75 Å². The van der Waals surface area contributed by atoms with Crippen molar-refractivity contribution in [3.63, 3.8) is 0 Å². The molecule has 3 rings (SSSR count). The molecule has 0 atom stereocenters. The lowest BCUT2D eigenvalue weighted by molar-refractivity contribution is 0.0730. The average molecular weight is 498 g/mol. The molecule has 33 heavy (non-hydrogen) atoms. The van der Waals surface area contributed by atoms with Crippen molar-refractivity contribution in [1.82, 2.24) is 9.62 Å². The molecule has 0 radical (unpaired) electrons. The minimum Gasteiger partial charge on any atom is -0.494 e. The highest BCUT2D eigenvalue weighted by atomic mass is 32.2. The van der Waals surface area contributed by atoms with E-state index in [2.05, 4.69) is 10.0 Å². The van der Waals surface area contributed by atoms with Crippen LogP contribution in [0.5, 0.6) is 5.75 Å². The molecule has 1 aliphatic heterocycles. The van der Waals surface area contributed by atoms with Crippen molar-refractivity contribution in [3.05, 3.63) is 54.1 Å². The lowest BCUT2D eigenvalue weighted by Gasteiger charge is -2.26. The number of carbonyl (C=O) groups excluding carboxylic acids is 1. The highest BCUT2D eigenvalue weighted by molar-refractivity contribution is 7.92. The molecule has 0 spiro atoms. The topological polar surface area (TPSA) is 131 Å². The zero-order valence-electron chi connectivity index (χ0n) is 18.2. The Labute approximate surface area is 194 Å². The number of ether oxygens (including phenoxy) is 2. The normalized spacial score (nSPS) is 15.1. The van der Waals surface area contributed by atoms with Gasteiger partial charge in [0.25, 0.3) is 15.9 Å². The van der Waals surface area contributed by atoms with Gasteiger partial charge in [0.2, 0.25) is 10.0 Å². The van der Waals surface area contributed by atoms with Crippen LogP contribution in [0, 0.1) is 0 Å². The molecule has 10 nitrogen and oxygen atoms in total. The van der Waals surface area contributed by atoms with E-state index in [1.807, 2.05) is 6.92 Å². The largest absolute Gasteiger partial charge is 0.494 e. The average Bonchev–Trinajstić information content (AvgIpc) is 2.81. The first kappa shape index (κ1) is 25.0. The van der Waals surface area contributed by atoms with Crippen molar-refractivity contribution in [2.24, 2.45) is 0 Å². The number of anilines is 1. The Morgan fingerprint density at radius 1 is 1.06 bits per heavy atom. The summed E-state index contributed by atoms with van der Waals surface area (Å²) >= 11 is 0. The predicted octanol–water partition coefficient (Wildman–Crippen LogP) is 1.28. The van der Waals surface area contributed by atoms with Crippen LogP contribution >= 0.6 is 0 Å². The van der Waals surface area contributed by atoms with E-state index >= 15 is 0 Å². The van der Waals surface area contributed by atoms with Crippen molar-refractivity contribution >= 4 is 31.6 Å². The van der Waals surface area contributed by atoms with E-state index in [9.17, 15) is 21.6 Å². The van der Waals surface area contributed by atoms with Gasteiger partial charge in [-0.3, -0.25) is 9.52 Å². The molecule has 2 aromatic rings. The minimum atomic E-state index is -3.94. The van der Waals surface area contributed by atoms with E-state index in [1.54, 1.807) is 24.3 Å². The van der Waals surface area contributed by atoms with Gasteiger partial charge in [-0.1, -0.05) is 6.07 Å². The molecule has 0 aromatic heterocycles. The Kier molecular flexibility index (Phi) is 8.30. The molecule has 1 aliphatic rings. The predicted molar refractivity (Wildman–Crippen MR) is 123 cm³/mol. The maximum absolute atomic E-state index is 12.7. The maximum atomic E-state index is 12.7. The van der Waals surface area contributed by atoms with Crippen molar-refractivity contribution in [1.29, 1.82) is 0 Å². The molecule has 0 bridgehead atoms. The highest BCUT2D eigenvalue weighted by Gasteiger charge is 2.24. The second-order valence-electron chi connectivity index (χ2n) is 7.17. The van der Waals surface area contributed by atoms with E-state index in [0.717, 1.165) is 0 Å². The van der Waals surface area contributed by atoms with E-state index in [0.29, 0.717) is 31.3 Å². The number of nitrogens with zero attached hydrogens (tertiary/aromatic N) is 1. The molecule has 2 N–H and O–H groups in total. The molecule has 12 heteroatoms. The SMILES string of the molecule is CCOc1ccc(NS(=O)(=O)c2cccc(C(=O)NCCS(=O)(=O)N3CCOCC3)c2)cc1. The number of hydrogen-bond donors (Lipinski definition) is 2. The molecular weight excluding hydrogens is 470 g/mol. The maximum Gasteiger partial charge on any atom is 0.261 e. The third kappa shape index (κ3) is 6.90. The molecule has 1 fully saturated rings. The van der Waals surface area contributed by atoms with Gasteiger partial charge in [-0.15, -0.1) is 0 Å².